The Labute approximate surface area is 191 Å². The first-order chi connectivity index (χ1) is 15.6. The molecule has 0 radical (unpaired) electrons. The number of amides is 1. The lowest BCUT2D eigenvalue weighted by molar-refractivity contribution is -0.258. The Hall–Kier alpha value is -2.66. The molecule has 0 aromatic heterocycles. The Morgan fingerprint density at radius 3 is 2.18 bits per heavy atom. The summed E-state index contributed by atoms with van der Waals surface area (Å²) in [6.45, 7) is 0.713. The molecule has 2 aliphatic carbocycles. The topological polar surface area (TPSA) is 76.7 Å². The molecule has 0 saturated heterocycles. The summed E-state index contributed by atoms with van der Waals surface area (Å²) < 4.78 is 39.4. The Bertz CT molecular complexity index is 980. The number of nitrogens with zero attached hydrogens (tertiary/aromatic N) is 3. The molecule has 0 spiro atoms. The molecule has 1 aromatic carbocycles. The minimum Gasteiger partial charge on any atom is -0.376 e. The molecule has 4 rings (SSSR count). The quantitative estimate of drug-likeness (QED) is 0.680. The normalized spacial score (nSPS) is 27.3. The lowest BCUT2D eigenvalue weighted by atomic mass is 9.79. The second-order valence-electron chi connectivity index (χ2n) is 9.49. The van der Waals surface area contributed by atoms with Crippen molar-refractivity contribution in [2.24, 2.45) is 10.9 Å². The summed E-state index contributed by atoms with van der Waals surface area (Å²) in [6.07, 6.45) is 5.23. The number of carbonyl (C=O) groups excluding carboxylic acids is 1. The average Bonchev–Trinajstić information content (AvgIpc) is 3.64. The van der Waals surface area contributed by atoms with Gasteiger partial charge in [0.25, 0.3) is 5.91 Å². The van der Waals surface area contributed by atoms with Gasteiger partial charge in [0.1, 0.15) is 11.8 Å². The van der Waals surface area contributed by atoms with Crippen LogP contribution < -0.4 is 0 Å². The highest BCUT2D eigenvalue weighted by Crippen LogP contribution is 2.40. The van der Waals surface area contributed by atoms with Crippen LogP contribution >= 0.6 is 0 Å². The zero-order valence-corrected chi connectivity index (χ0v) is 18.6. The third-order valence-electron chi connectivity index (χ3n) is 7.17. The number of halogens is 3. The highest BCUT2D eigenvalue weighted by atomic mass is 19.4. The minimum absolute atomic E-state index is 0.0951. The lowest BCUT2D eigenvalue weighted by Gasteiger charge is -2.39. The molecule has 33 heavy (non-hydrogen) atoms. The van der Waals surface area contributed by atoms with Gasteiger partial charge in [0.2, 0.25) is 0 Å². The average molecular weight is 460 g/mol. The van der Waals surface area contributed by atoms with E-state index in [9.17, 15) is 23.1 Å². The van der Waals surface area contributed by atoms with Gasteiger partial charge in [-0.2, -0.15) is 18.4 Å². The van der Waals surface area contributed by atoms with Crippen molar-refractivity contribution in [1.82, 2.24) is 4.90 Å². The molecule has 3 aliphatic rings. The number of nitriles is 1. The van der Waals surface area contributed by atoms with E-state index in [1.165, 1.54) is 24.3 Å². The fourth-order valence-electron chi connectivity index (χ4n) is 4.95. The van der Waals surface area contributed by atoms with Crippen molar-refractivity contribution in [2.45, 2.75) is 81.8 Å². The molecule has 8 heteroatoms. The van der Waals surface area contributed by atoms with E-state index in [0.29, 0.717) is 24.1 Å². The molecule has 2 saturated carbocycles. The van der Waals surface area contributed by atoms with E-state index in [1.807, 2.05) is 11.0 Å². The SMILES string of the molecule is C[C@](O)(c1ccc(C(=O)N(C2CCC(C3CC=CC(C#N)=N3)CC2)C2CC2)cc1)C(F)(F)F. The summed E-state index contributed by atoms with van der Waals surface area (Å²) in [6, 6.07) is 7.63. The van der Waals surface area contributed by atoms with Gasteiger partial charge in [-0.1, -0.05) is 18.2 Å². The molecule has 0 bridgehead atoms. The van der Waals surface area contributed by atoms with Gasteiger partial charge >= 0.3 is 6.18 Å². The van der Waals surface area contributed by atoms with Gasteiger partial charge in [-0.15, -0.1) is 0 Å². The molecule has 2 fully saturated rings. The van der Waals surface area contributed by atoms with Gasteiger partial charge in [-0.05, 0) is 81.6 Å². The summed E-state index contributed by atoms with van der Waals surface area (Å²) in [7, 11) is 0. The number of hydrogen-bond donors (Lipinski definition) is 1. The Morgan fingerprint density at radius 2 is 1.67 bits per heavy atom. The molecule has 1 aliphatic heterocycles. The van der Waals surface area contributed by atoms with Crippen molar-refractivity contribution in [3.8, 4) is 6.07 Å². The minimum atomic E-state index is -4.80. The summed E-state index contributed by atoms with van der Waals surface area (Å²) >= 11 is 0. The summed E-state index contributed by atoms with van der Waals surface area (Å²) in [4.78, 5) is 19.8. The van der Waals surface area contributed by atoms with Crippen molar-refractivity contribution in [3.05, 3.63) is 47.5 Å². The number of aliphatic hydroxyl groups is 1. The Morgan fingerprint density at radius 1 is 1.09 bits per heavy atom. The van der Waals surface area contributed by atoms with E-state index in [4.69, 9.17) is 5.26 Å². The van der Waals surface area contributed by atoms with Crippen LogP contribution in [-0.4, -0.2) is 45.9 Å². The van der Waals surface area contributed by atoms with Crippen LogP contribution in [0.25, 0.3) is 0 Å². The van der Waals surface area contributed by atoms with E-state index < -0.39 is 11.8 Å². The van der Waals surface area contributed by atoms with Gasteiger partial charge in [-0.3, -0.25) is 9.79 Å². The number of carbonyl (C=O) groups is 1. The summed E-state index contributed by atoms with van der Waals surface area (Å²) in [5.41, 5.74) is -2.45. The van der Waals surface area contributed by atoms with Gasteiger partial charge in [0, 0.05) is 17.6 Å². The van der Waals surface area contributed by atoms with Crippen molar-refractivity contribution < 1.29 is 23.1 Å². The van der Waals surface area contributed by atoms with Crippen LogP contribution in [0.1, 0.15) is 67.8 Å². The zero-order chi connectivity index (χ0) is 23.8. The smallest absolute Gasteiger partial charge is 0.376 e. The van der Waals surface area contributed by atoms with Crippen LogP contribution in [0.4, 0.5) is 13.2 Å². The van der Waals surface area contributed by atoms with E-state index in [0.717, 1.165) is 44.9 Å². The number of alkyl halides is 3. The first kappa shape index (κ1) is 23.5. The molecule has 2 atom stereocenters. The van der Waals surface area contributed by atoms with E-state index in [2.05, 4.69) is 11.1 Å². The van der Waals surface area contributed by atoms with Crippen LogP contribution in [0.5, 0.6) is 0 Å². The van der Waals surface area contributed by atoms with E-state index >= 15 is 0 Å². The molecule has 1 unspecified atom stereocenters. The monoisotopic (exact) mass is 459 g/mol. The third-order valence-corrected chi connectivity index (χ3v) is 7.17. The van der Waals surface area contributed by atoms with Crippen LogP contribution in [0.2, 0.25) is 0 Å². The van der Waals surface area contributed by atoms with Crippen LogP contribution in [0.3, 0.4) is 0 Å². The second-order valence-corrected chi connectivity index (χ2v) is 9.49. The predicted molar refractivity (Wildman–Crippen MR) is 118 cm³/mol. The molecule has 1 aromatic rings. The maximum absolute atomic E-state index is 13.3. The standard InChI is InChI=1S/C25H28F3N3O2/c1-24(33,25(26,27)28)18-9-5-17(6-10-18)23(32)31(21-13-14-21)20-11-7-16(8-12-20)22-4-2-3-19(15-29)30-22/h2-3,5-6,9-10,16,20-22,33H,4,7-8,11-14H2,1H3/t16?,20?,22?,24-/m0/s1. The number of allylic oxidation sites excluding steroid dienone is 1. The maximum atomic E-state index is 13.3. The zero-order valence-electron chi connectivity index (χ0n) is 18.6. The molecule has 176 valence electrons. The fourth-order valence-corrected chi connectivity index (χ4v) is 4.95. The molecule has 1 heterocycles. The van der Waals surface area contributed by atoms with Crippen molar-refractivity contribution >= 4 is 11.6 Å². The molecule has 1 N–H and O–H groups in total. The third kappa shape index (κ3) is 4.84. The molecular formula is C25H28F3N3O2. The second kappa shape index (κ2) is 8.94. The van der Waals surface area contributed by atoms with Crippen molar-refractivity contribution in [1.29, 1.82) is 5.26 Å². The molecule has 1 amide bonds. The molecule has 5 nitrogen and oxygen atoms in total. The van der Waals surface area contributed by atoms with Gasteiger partial charge < -0.3 is 10.0 Å². The first-order valence-corrected chi connectivity index (χ1v) is 11.5. The summed E-state index contributed by atoms with van der Waals surface area (Å²) in [5, 5.41) is 19.0. The first-order valence-electron chi connectivity index (χ1n) is 11.5. The number of hydrogen-bond acceptors (Lipinski definition) is 4. The predicted octanol–water partition coefficient (Wildman–Crippen LogP) is 4.91. The largest absolute Gasteiger partial charge is 0.421 e. The lowest BCUT2D eigenvalue weighted by Crippen LogP contribution is -2.45. The number of dihydropyridines is 1. The number of aliphatic imine (C=N–C) groups is 1. The Balaban J connectivity index is 1.43. The Kier molecular flexibility index (Phi) is 6.37. The summed E-state index contributed by atoms with van der Waals surface area (Å²) in [5.74, 6) is 0.221. The number of benzene rings is 1. The maximum Gasteiger partial charge on any atom is 0.421 e. The van der Waals surface area contributed by atoms with Crippen molar-refractivity contribution in [3.63, 3.8) is 0 Å². The fraction of sp³-hybridized carbons (Fsp3) is 0.560. The highest BCUT2D eigenvalue weighted by Gasteiger charge is 2.51. The highest BCUT2D eigenvalue weighted by molar-refractivity contribution is 6.07. The van der Waals surface area contributed by atoms with Crippen LogP contribution in [0.15, 0.2) is 41.4 Å². The number of rotatable bonds is 5. The van der Waals surface area contributed by atoms with E-state index in [1.54, 1.807) is 6.08 Å². The molecular weight excluding hydrogens is 431 g/mol. The van der Waals surface area contributed by atoms with Gasteiger partial charge in [-0.25, -0.2) is 0 Å². The van der Waals surface area contributed by atoms with Crippen LogP contribution in [-0.2, 0) is 5.60 Å². The van der Waals surface area contributed by atoms with Crippen LogP contribution in [0, 0.1) is 17.2 Å². The van der Waals surface area contributed by atoms with Gasteiger partial charge in [0.05, 0.1) is 6.04 Å². The van der Waals surface area contributed by atoms with Gasteiger partial charge in [0.15, 0.2) is 5.60 Å². The van der Waals surface area contributed by atoms with Crippen molar-refractivity contribution in [2.75, 3.05) is 0 Å². The van der Waals surface area contributed by atoms with E-state index in [-0.39, 0.29) is 29.6 Å².